The molecule has 0 fully saturated rings. The second-order valence-electron chi connectivity index (χ2n) is 7.02. The maximum atomic E-state index is 12.5. The van der Waals surface area contributed by atoms with Crippen molar-refractivity contribution in [3.63, 3.8) is 0 Å². The molecule has 0 bridgehead atoms. The van der Waals surface area contributed by atoms with E-state index in [1.807, 2.05) is 30.3 Å². The molecule has 5 rings (SSSR count). The van der Waals surface area contributed by atoms with Gasteiger partial charge in [-0.1, -0.05) is 30.3 Å². The monoisotopic (exact) mass is 332 g/mol. The summed E-state index contributed by atoms with van der Waals surface area (Å²) >= 11 is 0. The van der Waals surface area contributed by atoms with Crippen molar-refractivity contribution in [1.82, 2.24) is 4.98 Å². The fourth-order valence-corrected chi connectivity index (χ4v) is 4.25. The second kappa shape index (κ2) is 5.73. The van der Waals surface area contributed by atoms with E-state index in [9.17, 15) is 4.79 Å². The average molecular weight is 332 g/mol. The van der Waals surface area contributed by atoms with E-state index in [-0.39, 0.29) is 5.63 Å². The number of fused-ring (bicyclic) bond motifs is 2. The molecule has 4 heteroatoms. The Balaban J connectivity index is 1.68. The number of nitrogens with zero attached hydrogens (tertiary/aromatic N) is 2. The highest BCUT2D eigenvalue weighted by molar-refractivity contribution is 5.86. The van der Waals surface area contributed by atoms with Crippen molar-refractivity contribution in [2.75, 3.05) is 18.0 Å². The number of rotatable bonds is 2. The number of aromatic nitrogens is 1. The second-order valence-corrected chi connectivity index (χ2v) is 7.02. The lowest BCUT2D eigenvalue weighted by Gasteiger charge is -2.36. The Morgan fingerprint density at radius 2 is 1.88 bits per heavy atom. The SMILES string of the molecule is O=c1oc2c3c4c(cc2nc1Cc1ccccc1)CCCN4CCC3. The highest BCUT2D eigenvalue weighted by atomic mass is 16.4. The molecule has 0 unspecified atom stereocenters. The van der Waals surface area contributed by atoms with Crippen LogP contribution in [0.2, 0.25) is 0 Å². The summed E-state index contributed by atoms with van der Waals surface area (Å²) in [5, 5.41) is 0. The van der Waals surface area contributed by atoms with Crippen LogP contribution in [0.25, 0.3) is 11.1 Å². The van der Waals surface area contributed by atoms with Crippen molar-refractivity contribution in [2.24, 2.45) is 0 Å². The highest BCUT2D eigenvalue weighted by Crippen LogP contribution is 2.39. The minimum atomic E-state index is -0.305. The summed E-state index contributed by atoms with van der Waals surface area (Å²) < 4.78 is 5.79. The van der Waals surface area contributed by atoms with Gasteiger partial charge in [-0.2, -0.15) is 0 Å². The average Bonchev–Trinajstić information content (AvgIpc) is 2.64. The van der Waals surface area contributed by atoms with Gasteiger partial charge in [0.15, 0.2) is 5.58 Å². The van der Waals surface area contributed by atoms with Crippen molar-refractivity contribution >= 4 is 16.8 Å². The zero-order chi connectivity index (χ0) is 16.8. The van der Waals surface area contributed by atoms with Gasteiger partial charge in [0.25, 0.3) is 0 Å². The standard InChI is InChI=1S/C21H20N2O2/c24-21-18(12-14-6-2-1-3-7-14)22-17-13-15-8-4-10-23-11-5-9-16(19(15)23)20(17)25-21/h1-3,6-7,13H,4-5,8-12H2. The van der Waals surface area contributed by atoms with E-state index in [2.05, 4.69) is 11.0 Å². The van der Waals surface area contributed by atoms with E-state index in [4.69, 9.17) is 9.40 Å². The molecule has 1 aromatic heterocycles. The maximum Gasteiger partial charge on any atom is 0.358 e. The number of hydrogen-bond donors (Lipinski definition) is 0. The summed E-state index contributed by atoms with van der Waals surface area (Å²) in [6.45, 7) is 2.21. The molecule has 0 aliphatic carbocycles. The molecule has 3 aromatic rings. The number of aryl methyl sites for hydroxylation is 2. The number of hydrogen-bond acceptors (Lipinski definition) is 4. The van der Waals surface area contributed by atoms with E-state index in [1.165, 1.54) is 23.2 Å². The quantitative estimate of drug-likeness (QED) is 0.721. The normalized spacial score (nSPS) is 16.1. The predicted molar refractivity (Wildman–Crippen MR) is 98.4 cm³/mol. The van der Waals surface area contributed by atoms with E-state index in [1.54, 1.807) is 0 Å². The van der Waals surface area contributed by atoms with Gasteiger partial charge < -0.3 is 9.32 Å². The predicted octanol–water partition coefficient (Wildman–Crippen LogP) is 3.48. The van der Waals surface area contributed by atoms with Crippen molar-refractivity contribution in [2.45, 2.75) is 32.1 Å². The summed E-state index contributed by atoms with van der Waals surface area (Å²) in [4.78, 5) is 19.7. The van der Waals surface area contributed by atoms with Gasteiger partial charge >= 0.3 is 5.63 Å². The maximum absolute atomic E-state index is 12.5. The smallest absolute Gasteiger partial charge is 0.358 e. The van der Waals surface area contributed by atoms with Crippen LogP contribution in [0.3, 0.4) is 0 Å². The van der Waals surface area contributed by atoms with Gasteiger partial charge in [-0.05, 0) is 42.9 Å². The summed E-state index contributed by atoms with van der Waals surface area (Å²) in [6.07, 6.45) is 4.87. The molecule has 2 aliphatic rings. The van der Waals surface area contributed by atoms with Crippen LogP contribution in [-0.2, 0) is 19.3 Å². The van der Waals surface area contributed by atoms with Crippen LogP contribution in [0, 0.1) is 0 Å². The Bertz CT molecular complexity index is 1010. The largest absolute Gasteiger partial charge is 0.419 e. The molecule has 4 nitrogen and oxygen atoms in total. The van der Waals surface area contributed by atoms with Crippen LogP contribution in [0.1, 0.15) is 35.2 Å². The van der Waals surface area contributed by atoms with Crippen LogP contribution >= 0.6 is 0 Å². The Kier molecular flexibility index (Phi) is 3.37. The third kappa shape index (κ3) is 2.44. The molecule has 2 aliphatic heterocycles. The van der Waals surface area contributed by atoms with Gasteiger partial charge in [-0.3, -0.25) is 0 Å². The first kappa shape index (κ1) is 14.7. The highest BCUT2D eigenvalue weighted by Gasteiger charge is 2.27. The zero-order valence-electron chi connectivity index (χ0n) is 14.1. The van der Waals surface area contributed by atoms with Gasteiger partial charge in [0.1, 0.15) is 11.2 Å². The first-order valence-electron chi connectivity index (χ1n) is 9.07. The summed E-state index contributed by atoms with van der Waals surface area (Å²) in [5.41, 5.74) is 6.66. The Labute approximate surface area is 146 Å². The molecule has 0 atom stereocenters. The topological polar surface area (TPSA) is 46.3 Å². The lowest BCUT2D eigenvalue weighted by Crippen LogP contribution is -2.34. The number of anilines is 1. The Morgan fingerprint density at radius 3 is 2.72 bits per heavy atom. The van der Waals surface area contributed by atoms with E-state index in [0.717, 1.165) is 43.4 Å². The van der Waals surface area contributed by atoms with E-state index in [0.29, 0.717) is 17.7 Å². The third-order valence-electron chi connectivity index (χ3n) is 5.35. The Hall–Kier alpha value is -2.62. The lowest BCUT2D eigenvalue weighted by molar-refractivity contribution is 0.534. The zero-order valence-corrected chi connectivity index (χ0v) is 14.1. The molecular formula is C21H20N2O2. The molecule has 0 radical (unpaired) electrons. The van der Waals surface area contributed by atoms with Crippen molar-refractivity contribution in [3.05, 3.63) is 69.2 Å². The fourth-order valence-electron chi connectivity index (χ4n) is 4.25. The molecule has 0 saturated heterocycles. The van der Waals surface area contributed by atoms with Gasteiger partial charge in [0, 0.05) is 30.8 Å². The fraction of sp³-hybridized carbons (Fsp3) is 0.333. The lowest BCUT2D eigenvalue weighted by atomic mass is 9.91. The van der Waals surface area contributed by atoms with Crippen molar-refractivity contribution < 1.29 is 4.42 Å². The van der Waals surface area contributed by atoms with Gasteiger partial charge in [-0.15, -0.1) is 0 Å². The van der Waals surface area contributed by atoms with Crippen LogP contribution in [0.5, 0.6) is 0 Å². The van der Waals surface area contributed by atoms with Crippen molar-refractivity contribution in [1.29, 1.82) is 0 Å². The molecule has 0 N–H and O–H groups in total. The van der Waals surface area contributed by atoms with Crippen LogP contribution in [0.4, 0.5) is 5.69 Å². The molecule has 25 heavy (non-hydrogen) atoms. The molecule has 0 saturated carbocycles. The molecule has 126 valence electrons. The number of benzene rings is 2. The minimum Gasteiger partial charge on any atom is -0.419 e. The third-order valence-corrected chi connectivity index (χ3v) is 5.35. The van der Waals surface area contributed by atoms with Crippen LogP contribution in [0.15, 0.2) is 45.6 Å². The first-order valence-corrected chi connectivity index (χ1v) is 9.07. The molecular weight excluding hydrogens is 312 g/mol. The van der Waals surface area contributed by atoms with Gasteiger partial charge in [-0.25, -0.2) is 9.78 Å². The molecule has 3 heterocycles. The van der Waals surface area contributed by atoms with E-state index < -0.39 is 0 Å². The molecule has 0 amide bonds. The van der Waals surface area contributed by atoms with Crippen LogP contribution < -0.4 is 10.5 Å². The Morgan fingerprint density at radius 1 is 1.08 bits per heavy atom. The summed E-state index contributed by atoms with van der Waals surface area (Å²) in [7, 11) is 0. The van der Waals surface area contributed by atoms with Crippen molar-refractivity contribution in [3.8, 4) is 0 Å². The van der Waals surface area contributed by atoms with Gasteiger partial charge in [0.05, 0.1) is 0 Å². The van der Waals surface area contributed by atoms with E-state index >= 15 is 0 Å². The molecule has 0 spiro atoms. The van der Waals surface area contributed by atoms with Crippen LogP contribution in [-0.4, -0.2) is 18.1 Å². The summed E-state index contributed by atoms with van der Waals surface area (Å²) in [5.74, 6) is 0. The minimum absolute atomic E-state index is 0.305. The van der Waals surface area contributed by atoms with Gasteiger partial charge in [0.2, 0.25) is 0 Å². The molecule has 2 aromatic carbocycles. The first-order chi connectivity index (χ1) is 12.3. The summed E-state index contributed by atoms with van der Waals surface area (Å²) in [6, 6.07) is 12.1.